The van der Waals surface area contributed by atoms with Gasteiger partial charge in [0.25, 0.3) is 0 Å². The van der Waals surface area contributed by atoms with Crippen LogP contribution in [0.3, 0.4) is 0 Å². The highest BCUT2D eigenvalue weighted by Gasteiger charge is 2.09. The van der Waals surface area contributed by atoms with Crippen molar-refractivity contribution < 1.29 is 0 Å². The van der Waals surface area contributed by atoms with Crippen LogP contribution in [0.2, 0.25) is 5.02 Å². The topological polar surface area (TPSA) is 29.3 Å². The molecule has 0 saturated heterocycles. The van der Waals surface area contributed by atoms with Crippen molar-refractivity contribution in [1.29, 1.82) is 0 Å². The van der Waals surface area contributed by atoms with Crippen LogP contribution in [0.25, 0.3) is 0 Å². The Kier molecular flexibility index (Phi) is 5.27. The Morgan fingerprint density at radius 2 is 1.90 bits per heavy atom. The van der Waals surface area contributed by atoms with Crippen LogP contribution >= 0.6 is 11.6 Å². The van der Waals surface area contributed by atoms with Crippen LogP contribution in [-0.4, -0.2) is 13.1 Å². The molecule has 1 unspecified atom stereocenters. The first-order valence-electron chi connectivity index (χ1n) is 7.27. The van der Waals surface area contributed by atoms with Crippen LogP contribution in [0.4, 0.5) is 5.69 Å². The molecule has 0 aromatic heterocycles. The number of rotatable bonds is 5. The first kappa shape index (κ1) is 15.9. The Hall–Kier alpha value is -1.51. The second-order valence-corrected chi connectivity index (χ2v) is 6.16. The van der Waals surface area contributed by atoms with Gasteiger partial charge in [-0.1, -0.05) is 41.9 Å². The molecule has 2 rings (SSSR count). The van der Waals surface area contributed by atoms with Gasteiger partial charge in [0.05, 0.1) is 0 Å². The van der Waals surface area contributed by atoms with Crippen molar-refractivity contribution in [2.45, 2.75) is 32.9 Å². The molecule has 2 aromatic rings. The van der Waals surface area contributed by atoms with Gasteiger partial charge in [-0.2, -0.15) is 0 Å². The van der Waals surface area contributed by atoms with E-state index in [2.05, 4.69) is 43.1 Å². The number of hydrogen-bond acceptors (Lipinski definition) is 2. The lowest BCUT2D eigenvalue weighted by atomic mass is 10.0. The lowest BCUT2D eigenvalue weighted by Gasteiger charge is -2.23. The summed E-state index contributed by atoms with van der Waals surface area (Å²) in [5.74, 6) is 0. The molecule has 0 heterocycles. The van der Waals surface area contributed by atoms with Crippen LogP contribution in [0, 0.1) is 6.92 Å². The van der Waals surface area contributed by atoms with E-state index in [1.807, 2.05) is 25.1 Å². The molecular weight excluding hydrogens is 280 g/mol. The zero-order valence-electron chi connectivity index (χ0n) is 12.9. The van der Waals surface area contributed by atoms with E-state index in [1.54, 1.807) is 0 Å². The Bertz CT molecular complexity index is 608. The van der Waals surface area contributed by atoms with Crippen LogP contribution in [0.5, 0.6) is 0 Å². The first-order valence-corrected chi connectivity index (χ1v) is 7.65. The third-order valence-corrected chi connectivity index (χ3v) is 3.96. The van der Waals surface area contributed by atoms with Crippen LogP contribution in [0.15, 0.2) is 42.5 Å². The summed E-state index contributed by atoms with van der Waals surface area (Å²) in [6.07, 6.45) is 0.912. The van der Waals surface area contributed by atoms with Gasteiger partial charge in [-0.15, -0.1) is 0 Å². The maximum Gasteiger partial charge on any atom is 0.0455 e. The van der Waals surface area contributed by atoms with Crippen LogP contribution < -0.4 is 10.6 Å². The number of halogens is 1. The summed E-state index contributed by atoms with van der Waals surface area (Å²) in [4.78, 5) is 2.23. The molecular formula is C18H23ClN2. The van der Waals surface area contributed by atoms with Crippen LogP contribution in [0.1, 0.15) is 23.6 Å². The van der Waals surface area contributed by atoms with Gasteiger partial charge in [0.2, 0.25) is 0 Å². The van der Waals surface area contributed by atoms with Gasteiger partial charge in [-0.3, -0.25) is 0 Å². The van der Waals surface area contributed by atoms with Crippen molar-refractivity contribution in [2.75, 3.05) is 11.9 Å². The average molecular weight is 303 g/mol. The normalized spacial score (nSPS) is 12.2. The van der Waals surface area contributed by atoms with Crippen molar-refractivity contribution in [1.82, 2.24) is 0 Å². The highest BCUT2D eigenvalue weighted by Crippen LogP contribution is 2.24. The summed E-state index contributed by atoms with van der Waals surface area (Å²) in [7, 11) is 2.09. The van der Waals surface area contributed by atoms with Crippen molar-refractivity contribution in [2.24, 2.45) is 5.73 Å². The molecule has 21 heavy (non-hydrogen) atoms. The Balaban J connectivity index is 2.16. The van der Waals surface area contributed by atoms with E-state index in [0.29, 0.717) is 0 Å². The molecule has 0 radical (unpaired) electrons. The molecule has 0 spiro atoms. The summed E-state index contributed by atoms with van der Waals surface area (Å²) >= 11 is 6.24. The van der Waals surface area contributed by atoms with Gasteiger partial charge in [0.15, 0.2) is 0 Å². The third kappa shape index (κ3) is 4.23. The molecule has 2 aromatic carbocycles. The first-order chi connectivity index (χ1) is 9.97. The molecule has 0 amide bonds. The highest BCUT2D eigenvalue weighted by atomic mass is 35.5. The van der Waals surface area contributed by atoms with Gasteiger partial charge in [-0.25, -0.2) is 0 Å². The van der Waals surface area contributed by atoms with E-state index in [9.17, 15) is 0 Å². The van der Waals surface area contributed by atoms with E-state index in [4.69, 9.17) is 17.3 Å². The molecule has 2 N–H and O–H groups in total. The number of benzene rings is 2. The number of aryl methyl sites for hydroxylation is 1. The summed E-state index contributed by atoms with van der Waals surface area (Å²) < 4.78 is 0. The quantitative estimate of drug-likeness (QED) is 0.898. The summed E-state index contributed by atoms with van der Waals surface area (Å²) in [6, 6.07) is 14.7. The molecule has 1 atom stereocenters. The zero-order valence-corrected chi connectivity index (χ0v) is 13.7. The number of nitrogens with two attached hydrogens (primary N) is 1. The summed E-state index contributed by atoms with van der Waals surface area (Å²) in [6.45, 7) is 4.98. The largest absolute Gasteiger partial charge is 0.370 e. The van der Waals surface area contributed by atoms with Gasteiger partial charge in [0, 0.05) is 30.3 Å². The van der Waals surface area contributed by atoms with Gasteiger partial charge < -0.3 is 10.6 Å². The van der Waals surface area contributed by atoms with Crippen LogP contribution in [-0.2, 0) is 13.0 Å². The fourth-order valence-corrected chi connectivity index (χ4v) is 2.81. The highest BCUT2D eigenvalue weighted by molar-refractivity contribution is 6.31. The Labute approximate surface area is 132 Å². The second kappa shape index (κ2) is 6.97. The minimum atomic E-state index is 0.191. The summed E-state index contributed by atoms with van der Waals surface area (Å²) in [5, 5.41) is 0.815. The van der Waals surface area contributed by atoms with Crippen molar-refractivity contribution >= 4 is 17.3 Å². The molecule has 0 aliphatic heterocycles. The molecule has 0 saturated carbocycles. The van der Waals surface area contributed by atoms with E-state index < -0.39 is 0 Å². The number of anilines is 1. The van der Waals surface area contributed by atoms with Crippen molar-refractivity contribution in [3.05, 3.63) is 64.2 Å². The Morgan fingerprint density at radius 3 is 2.52 bits per heavy atom. The molecule has 0 bridgehead atoms. The minimum absolute atomic E-state index is 0.191. The van der Waals surface area contributed by atoms with E-state index in [1.165, 1.54) is 16.8 Å². The van der Waals surface area contributed by atoms with E-state index in [0.717, 1.165) is 23.6 Å². The number of hydrogen-bond donors (Lipinski definition) is 1. The predicted molar refractivity (Wildman–Crippen MR) is 92.1 cm³/mol. The molecule has 0 aliphatic carbocycles. The second-order valence-electron chi connectivity index (χ2n) is 5.75. The maximum atomic E-state index is 6.24. The Morgan fingerprint density at radius 1 is 1.19 bits per heavy atom. The predicted octanol–water partition coefficient (Wildman–Crippen LogP) is 4.17. The fourth-order valence-electron chi connectivity index (χ4n) is 2.61. The molecule has 112 valence electrons. The average Bonchev–Trinajstić information content (AvgIpc) is 2.40. The van der Waals surface area contributed by atoms with Crippen molar-refractivity contribution in [3.8, 4) is 0 Å². The van der Waals surface area contributed by atoms with Gasteiger partial charge in [-0.05, 0) is 49.1 Å². The third-order valence-electron chi connectivity index (χ3n) is 3.60. The van der Waals surface area contributed by atoms with Gasteiger partial charge in [0.1, 0.15) is 0 Å². The maximum absolute atomic E-state index is 6.24. The lowest BCUT2D eigenvalue weighted by Crippen LogP contribution is -2.19. The monoisotopic (exact) mass is 302 g/mol. The summed E-state index contributed by atoms with van der Waals surface area (Å²) in [5.41, 5.74) is 10.8. The smallest absolute Gasteiger partial charge is 0.0455 e. The minimum Gasteiger partial charge on any atom is -0.370 e. The molecule has 0 fully saturated rings. The molecule has 2 nitrogen and oxygen atoms in total. The zero-order chi connectivity index (χ0) is 15.4. The molecule has 0 aliphatic rings. The standard InChI is InChI=1S/C18H23ClN2/c1-13-10-15(11-14(2)20)8-9-18(13)21(3)12-16-6-4-5-7-17(16)19/h4-10,14H,11-12,20H2,1-3H3. The van der Waals surface area contributed by atoms with E-state index in [-0.39, 0.29) is 6.04 Å². The van der Waals surface area contributed by atoms with Gasteiger partial charge >= 0.3 is 0 Å². The fraction of sp³-hybridized carbons (Fsp3) is 0.333. The SMILES string of the molecule is Cc1cc(CC(C)N)ccc1N(C)Cc1ccccc1Cl. The lowest BCUT2D eigenvalue weighted by molar-refractivity contribution is 0.737. The number of nitrogens with zero attached hydrogens (tertiary/aromatic N) is 1. The van der Waals surface area contributed by atoms with Crippen molar-refractivity contribution in [3.63, 3.8) is 0 Å². The molecule has 3 heteroatoms. The van der Waals surface area contributed by atoms with E-state index >= 15 is 0 Å².